The van der Waals surface area contributed by atoms with Gasteiger partial charge in [-0.25, -0.2) is 0 Å². The number of carbonyl (C=O) groups is 1. The molecule has 0 saturated heterocycles. The first-order valence-corrected chi connectivity index (χ1v) is 20.9. The van der Waals surface area contributed by atoms with E-state index in [1.807, 2.05) is 30.2 Å². The Morgan fingerprint density at radius 1 is 0.955 bits per heavy atom. The highest BCUT2D eigenvalue weighted by Gasteiger charge is 2.58. The molecule has 4 rings (SSSR count). The van der Waals surface area contributed by atoms with E-state index in [-0.39, 0.29) is 0 Å². The van der Waals surface area contributed by atoms with E-state index in [1.165, 1.54) is 77.0 Å². The summed E-state index contributed by atoms with van der Waals surface area (Å²) in [7, 11) is 6.11. The van der Waals surface area contributed by atoms with E-state index < -0.39 is 0 Å². The van der Waals surface area contributed by atoms with Crippen LogP contribution in [0.25, 0.3) is 0 Å². The molecule has 4 aliphatic rings. The minimum atomic E-state index is 0.308. The van der Waals surface area contributed by atoms with E-state index in [9.17, 15) is 4.79 Å². The predicted octanol–water partition coefficient (Wildman–Crippen LogP) is 9.51. The number of hydrogen-bond donors (Lipinski definition) is 2. The van der Waals surface area contributed by atoms with Gasteiger partial charge in [0.2, 0.25) is 0 Å². The molecule has 0 radical (unpaired) electrons. The lowest BCUT2D eigenvalue weighted by Gasteiger charge is -2.58. The van der Waals surface area contributed by atoms with Gasteiger partial charge in [-0.3, -0.25) is 0 Å². The van der Waals surface area contributed by atoms with Crippen LogP contribution in [0.2, 0.25) is 0 Å². The van der Waals surface area contributed by atoms with Crippen molar-refractivity contribution in [2.24, 2.45) is 51.9 Å². The monoisotopic (exact) mass is 650 g/mol. The van der Waals surface area contributed by atoms with Crippen molar-refractivity contribution in [3.63, 3.8) is 0 Å². The van der Waals surface area contributed by atoms with Crippen molar-refractivity contribution in [2.75, 3.05) is 25.9 Å². The van der Waals surface area contributed by atoms with Crippen molar-refractivity contribution in [1.82, 2.24) is 4.90 Å². The summed E-state index contributed by atoms with van der Waals surface area (Å²) < 4.78 is 0. The third-order valence-corrected chi connectivity index (χ3v) is 15.2. The predicted molar refractivity (Wildman–Crippen MR) is 197 cm³/mol. The van der Waals surface area contributed by atoms with E-state index in [4.69, 9.17) is 11.5 Å². The van der Waals surface area contributed by atoms with Crippen LogP contribution >= 0.6 is 21.6 Å². The number of unbranched alkanes of at least 4 members (excludes halogenated alkanes) is 1. The van der Waals surface area contributed by atoms with Crippen LogP contribution in [0, 0.1) is 40.4 Å². The Labute approximate surface area is 281 Å². The quantitative estimate of drug-likeness (QED) is 0.0751. The second kappa shape index (κ2) is 18.5. The lowest BCUT2D eigenvalue weighted by atomic mass is 9.47. The fraction of sp³-hybridized carbons (Fsp3) is 0.921. The first-order valence-electron chi connectivity index (χ1n) is 18.5. The molecule has 0 amide bonds. The topological polar surface area (TPSA) is 72.4 Å². The molecule has 9 unspecified atom stereocenters. The number of allylic oxidation sites excluding steroid dienone is 2. The van der Waals surface area contributed by atoms with E-state index in [0.717, 1.165) is 72.8 Å². The molecule has 256 valence electrons. The third kappa shape index (κ3) is 10.8. The second-order valence-corrected chi connectivity index (χ2v) is 19.1. The minimum absolute atomic E-state index is 0.308. The maximum absolute atomic E-state index is 10.6. The van der Waals surface area contributed by atoms with Crippen LogP contribution < -0.4 is 11.5 Å². The molecule has 4 nitrogen and oxygen atoms in total. The fourth-order valence-corrected chi connectivity index (χ4v) is 12.0. The highest BCUT2D eigenvalue weighted by molar-refractivity contribution is 8.76. The van der Waals surface area contributed by atoms with Crippen LogP contribution in [0.5, 0.6) is 0 Å². The summed E-state index contributed by atoms with van der Waals surface area (Å²) in [6.07, 6.45) is 23.9. The molecule has 6 heteroatoms. The van der Waals surface area contributed by atoms with Gasteiger partial charge >= 0.3 is 0 Å². The van der Waals surface area contributed by atoms with Gasteiger partial charge < -0.3 is 21.2 Å². The summed E-state index contributed by atoms with van der Waals surface area (Å²) in [6.45, 7) is 16.3. The largest absolute Gasteiger partial charge is 0.328 e. The molecule has 0 aliphatic heterocycles. The van der Waals surface area contributed by atoms with Gasteiger partial charge in [0, 0.05) is 29.5 Å². The second-order valence-electron chi connectivity index (χ2n) is 16.3. The molecule has 0 aromatic rings. The third-order valence-electron chi connectivity index (χ3n) is 12.3. The average molecular weight is 650 g/mol. The Bertz CT molecular complexity index is 866. The normalized spacial score (nSPS) is 34.3. The number of aldehydes is 1. The van der Waals surface area contributed by atoms with Crippen LogP contribution in [0.15, 0.2) is 11.6 Å². The zero-order valence-corrected chi connectivity index (χ0v) is 31.5. The molecule has 0 aromatic heterocycles. The molecule has 0 spiro atoms. The summed E-state index contributed by atoms with van der Waals surface area (Å²) in [5.41, 5.74) is 14.2. The van der Waals surface area contributed by atoms with E-state index in [0.29, 0.717) is 29.3 Å². The molecule has 9 atom stereocenters. The van der Waals surface area contributed by atoms with E-state index >= 15 is 0 Å². The Morgan fingerprint density at radius 2 is 1.66 bits per heavy atom. The van der Waals surface area contributed by atoms with Crippen LogP contribution in [-0.4, -0.2) is 54.4 Å². The number of rotatable bonds is 16. The number of fused-ring (bicyclic) bond motifs is 5. The summed E-state index contributed by atoms with van der Waals surface area (Å²) in [5.74, 6) is 5.71. The van der Waals surface area contributed by atoms with Crippen LogP contribution in [-0.2, 0) is 4.79 Å². The molecule has 4 aliphatic carbocycles. The van der Waals surface area contributed by atoms with E-state index in [1.54, 1.807) is 0 Å². The van der Waals surface area contributed by atoms with Crippen LogP contribution in [0.3, 0.4) is 0 Å². The lowest BCUT2D eigenvalue weighted by Crippen LogP contribution is -2.50. The SMILES string of the molecule is CC(C)CCCCC1CCC2C3CC=C4CC(SSCCC=O)CCC4(C)C3CCC12C.CC(N)CCN(C)CCC(C)N. The van der Waals surface area contributed by atoms with Crippen molar-refractivity contribution in [2.45, 2.75) is 155 Å². The van der Waals surface area contributed by atoms with Crippen molar-refractivity contribution >= 4 is 27.9 Å². The van der Waals surface area contributed by atoms with Crippen LogP contribution in [0.4, 0.5) is 0 Å². The van der Waals surface area contributed by atoms with Gasteiger partial charge in [-0.2, -0.15) is 0 Å². The molecular weight excluding hydrogens is 579 g/mol. The molecular formula is C38H71N3OS2. The summed E-state index contributed by atoms with van der Waals surface area (Å²) in [5, 5.41) is 0.762. The van der Waals surface area contributed by atoms with Gasteiger partial charge in [-0.15, -0.1) is 0 Å². The van der Waals surface area contributed by atoms with Crippen molar-refractivity contribution < 1.29 is 4.79 Å². The summed E-state index contributed by atoms with van der Waals surface area (Å²) in [6, 6.07) is 0.616. The molecule has 4 N–H and O–H groups in total. The minimum Gasteiger partial charge on any atom is -0.328 e. The van der Waals surface area contributed by atoms with Gasteiger partial charge in [-0.1, -0.05) is 80.2 Å². The Kier molecular flexibility index (Phi) is 16.2. The van der Waals surface area contributed by atoms with Crippen molar-refractivity contribution in [1.29, 1.82) is 0 Å². The van der Waals surface area contributed by atoms with Gasteiger partial charge in [0.1, 0.15) is 6.29 Å². The zero-order valence-electron chi connectivity index (χ0n) is 29.8. The molecule has 3 fully saturated rings. The van der Waals surface area contributed by atoms with Gasteiger partial charge in [0.05, 0.1) is 0 Å². The maximum Gasteiger partial charge on any atom is 0.120 e. The first kappa shape index (κ1) is 38.4. The number of nitrogens with zero attached hydrogens (tertiary/aromatic N) is 1. The molecule has 0 heterocycles. The standard InChI is InChI=1S/C29H48OS2.C9H23N3/c1-21(2)8-5-6-9-22-11-13-26-25-12-10-23-20-24(32-31-19-7-18-30)14-16-29(23,4)27(25)15-17-28(22,26)3;1-8(10)4-6-12(3)7-5-9(2)11/h10,18,21-22,24-27H,5-9,11-17,19-20H2,1-4H3;8-9H,4-7,10-11H2,1-3H3. The van der Waals surface area contributed by atoms with Gasteiger partial charge in [0.25, 0.3) is 0 Å². The summed E-state index contributed by atoms with van der Waals surface area (Å²) in [4.78, 5) is 12.9. The molecule has 3 saturated carbocycles. The molecule has 0 aromatic carbocycles. The van der Waals surface area contributed by atoms with Gasteiger partial charge in [0.15, 0.2) is 0 Å². The zero-order chi connectivity index (χ0) is 32.3. The lowest BCUT2D eigenvalue weighted by molar-refractivity contribution is -0.107. The van der Waals surface area contributed by atoms with Crippen LogP contribution in [0.1, 0.15) is 138 Å². The number of nitrogens with two attached hydrogens (primary N) is 2. The van der Waals surface area contributed by atoms with Crippen molar-refractivity contribution in [3.05, 3.63) is 11.6 Å². The molecule has 44 heavy (non-hydrogen) atoms. The van der Waals surface area contributed by atoms with Crippen molar-refractivity contribution in [3.8, 4) is 0 Å². The maximum atomic E-state index is 10.6. The van der Waals surface area contributed by atoms with E-state index in [2.05, 4.69) is 56.5 Å². The Hall–Kier alpha value is -0.0100. The number of hydrogen-bond acceptors (Lipinski definition) is 6. The highest BCUT2D eigenvalue weighted by Crippen LogP contribution is 2.67. The average Bonchev–Trinajstić information content (AvgIpc) is 3.31. The highest BCUT2D eigenvalue weighted by atomic mass is 33.1. The van der Waals surface area contributed by atoms with Gasteiger partial charge in [-0.05, 0) is 145 Å². The summed E-state index contributed by atoms with van der Waals surface area (Å²) >= 11 is 0. The Balaban J connectivity index is 0.000000375. The first-order chi connectivity index (χ1) is 20.9. The Morgan fingerprint density at radius 3 is 2.30 bits per heavy atom. The fourth-order valence-electron chi connectivity index (χ4n) is 9.44. The smallest absolute Gasteiger partial charge is 0.120 e. The molecule has 0 bridgehead atoms. The number of carbonyl (C=O) groups excluding carboxylic acids is 1.